The van der Waals surface area contributed by atoms with Gasteiger partial charge in [-0.2, -0.15) is 0 Å². The quantitative estimate of drug-likeness (QED) is 0.371. The van der Waals surface area contributed by atoms with Crippen LogP contribution in [0.15, 0.2) is 73.6 Å². The van der Waals surface area contributed by atoms with Gasteiger partial charge in [-0.3, -0.25) is 19.9 Å². The van der Waals surface area contributed by atoms with Crippen LogP contribution in [-0.4, -0.2) is 19.9 Å². The molecule has 4 aromatic heterocycles. The Morgan fingerprint density at radius 3 is 1.23 bits per heavy atom. The van der Waals surface area contributed by atoms with Crippen molar-refractivity contribution in [3.8, 4) is 0 Å². The molecule has 4 heteroatoms. The lowest BCUT2D eigenvalue weighted by atomic mass is 10.3. The van der Waals surface area contributed by atoms with E-state index in [0.29, 0.717) is 0 Å². The summed E-state index contributed by atoms with van der Waals surface area (Å²) in [6.45, 7) is 12.0. The summed E-state index contributed by atoms with van der Waals surface area (Å²) in [7, 11) is 0. The summed E-state index contributed by atoms with van der Waals surface area (Å²) in [6, 6.07) is 11.6. The van der Waals surface area contributed by atoms with Crippen LogP contribution < -0.4 is 0 Å². The van der Waals surface area contributed by atoms with Gasteiger partial charge in [0.05, 0.1) is 11.0 Å². The van der Waals surface area contributed by atoms with E-state index in [1.54, 1.807) is 24.8 Å². The minimum absolute atomic E-state index is 0.998. The van der Waals surface area contributed by atoms with Crippen LogP contribution in [-0.2, 0) is 0 Å². The topological polar surface area (TPSA) is 51.6 Å². The molecular weight excluding hydrogens is 320 g/mol. The zero-order chi connectivity index (χ0) is 19.6. The lowest BCUT2D eigenvalue weighted by Crippen LogP contribution is -1.76. The van der Waals surface area contributed by atoms with Gasteiger partial charge in [0.2, 0.25) is 0 Å². The lowest BCUT2D eigenvalue weighted by Gasteiger charge is -1.90. The molecule has 0 bridgehead atoms. The van der Waals surface area contributed by atoms with Crippen LogP contribution in [0.1, 0.15) is 41.5 Å². The number of hydrogen-bond acceptors (Lipinski definition) is 4. The number of nitrogens with zero attached hydrogens (tertiary/aromatic N) is 4. The molecule has 0 aliphatic carbocycles. The SMILES string of the molecule is CC.CC.CC.c1cnc2ccncc2c1.c1cnc2ccncc2c1. The molecule has 4 rings (SSSR count). The Bertz CT molecular complexity index is 629. The van der Waals surface area contributed by atoms with E-state index in [1.807, 2.05) is 90.3 Å². The first-order valence-corrected chi connectivity index (χ1v) is 9.23. The fourth-order valence-electron chi connectivity index (χ4n) is 1.83. The van der Waals surface area contributed by atoms with E-state index in [0.717, 1.165) is 21.8 Å². The highest BCUT2D eigenvalue weighted by Gasteiger charge is 1.88. The number of fused-ring (bicyclic) bond motifs is 2. The molecule has 0 amide bonds. The van der Waals surface area contributed by atoms with Crippen LogP contribution in [0, 0.1) is 0 Å². The van der Waals surface area contributed by atoms with Gasteiger partial charge in [-0.1, -0.05) is 41.5 Å². The maximum Gasteiger partial charge on any atom is 0.0732 e. The van der Waals surface area contributed by atoms with Crippen molar-refractivity contribution in [1.29, 1.82) is 0 Å². The highest BCUT2D eigenvalue weighted by molar-refractivity contribution is 5.77. The largest absolute Gasteiger partial charge is 0.264 e. The number of aromatic nitrogens is 4. The van der Waals surface area contributed by atoms with E-state index in [9.17, 15) is 0 Å². The average molecular weight is 351 g/mol. The van der Waals surface area contributed by atoms with Crippen LogP contribution in [0.3, 0.4) is 0 Å². The molecule has 0 saturated heterocycles. The Morgan fingerprint density at radius 1 is 0.500 bits per heavy atom. The van der Waals surface area contributed by atoms with Crippen LogP contribution in [0.25, 0.3) is 21.8 Å². The Morgan fingerprint density at radius 2 is 0.885 bits per heavy atom. The molecule has 0 saturated carbocycles. The summed E-state index contributed by atoms with van der Waals surface area (Å²) >= 11 is 0. The summed E-state index contributed by atoms with van der Waals surface area (Å²) in [5.41, 5.74) is 2.00. The minimum atomic E-state index is 0.998. The fraction of sp³-hybridized carbons (Fsp3) is 0.273. The van der Waals surface area contributed by atoms with E-state index >= 15 is 0 Å². The smallest absolute Gasteiger partial charge is 0.0732 e. The van der Waals surface area contributed by atoms with Gasteiger partial charge in [-0.15, -0.1) is 0 Å². The summed E-state index contributed by atoms with van der Waals surface area (Å²) in [4.78, 5) is 16.2. The van der Waals surface area contributed by atoms with Gasteiger partial charge in [0.25, 0.3) is 0 Å². The second-order valence-electron chi connectivity index (χ2n) is 4.14. The van der Waals surface area contributed by atoms with E-state index in [2.05, 4.69) is 19.9 Å². The molecule has 4 nitrogen and oxygen atoms in total. The first-order valence-electron chi connectivity index (χ1n) is 9.23. The van der Waals surface area contributed by atoms with Gasteiger partial charge >= 0.3 is 0 Å². The van der Waals surface area contributed by atoms with Crippen molar-refractivity contribution in [2.24, 2.45) is 0 Å². The number of hydrogen-bond donors (Lipinski definition) is 0. The number of pyridine rings is 4. The van der Waals surface area contributed by atoms with Gasteiger partial charge in [-0.05, 0) is 36.4 Å². The fourth-order valence-corrected chi connectivity index (χ4v) is 1.83. The summed E-state index contributed by atoms with van der Waals surface area (Å²) in [6.07, 6.45) is 10.7. The van der Waals surface area contributed by atoms with Gasteiger partial charge in [0.15, 0.2) is 0 Å². The zero-order valence-electron chi connectivity index (χ0n) is 16.7. The molecule has 0 fully saturated rings. The second kappa shape index (κ2) is 15.6. The van der Waals surface area contributed by atoms with Crippen LogP contribution >= 0.6 is 0 Å². The highest BCUT2D eigenvalue weighted by Crippen LogP contribution is 2.06. The predicted molar refractivity (Wildman–Crippen MR) is 113 cm³/mol. The maximum absolute atomic E-state index is 4.14. The molecule has 0 atom stereocenters. The standard InChI is InChI=1S/2C8H6N2.3C2H6/c2*1-2-7-6-9-5-3-8(7)10-4-1;3*1-2/h2*1-6H;3*1-2H3. The van der Waals surface area contributed by atoms with Crippen molar-refractivity contribution in [1.82, 2.24) is 19.9 Å². The lowest BCUT2D eigenvalue weighted by molar-refractivity contribution is 1.32. The maximum atomic E-state index is 4.14. The van der Waals surface area contributed by atoms with E-state index in [-0.39, 0.29) is 0 Å². The van der Waals surface area contributed by atoms with Crippen LogP contribution in [0.4, 0.5) is 0 Å². The summed E-state index contributed by atoms with van der Waals surface area (Å²) in [5, 5.41) is 2.18. The normalized spacial score (nSPS) is 8.38. The monoisotopic (exact) mass is 350 g/mol. The minimum Gasteiger partial charge on any atom is -0.264 e. The summed E-state index contributed by atoms with van der Waals surface area (Å²) < 4.78 is 0. The second-order valence-corrected chi connectivity index (χ2v) is 4.14. The highest BCUT2D eigenvalue weighted by atomic mass is 14.7. The third-order valence-corrected chi connectivity index (χ3v) is 2.81. The Balaban J connectivity index is 0.000000375. The molecule has 138 valence electrons. The van der Waals surface area contributed by atoms with Crippen molar-refractivity contribution in [2.75, 3.05) is 0 Å². The molecule has 26 heavy (non-hydrogen) atoms. The van der Waals surface area contributed by atoms with E-state index < -0.39 is 0 Å². The summed E-state index contributed by atoms with van der Waals surface area (Å²) in [5.74, 6) is 0. The van der Waals surface area contributed by atoms with Crippen molar-refractivity contribution >= 4 is 21.8 Å². The first kappa shape index (κ1) is 23.1. The van der Waals surface area contributed by atoms with Gasteiger partial charge in [-0.25, -0.2) is 0 Å². The molecule has 0 spiro atoms. The van der Waals surface area contributed by atoms with E-state index in [1.165, 1.54) is 0 Å². The van der Waals surface area contributed by atoms with Gasteiger partial charge < -0.3 is 0 Å². The molecule has 4 heterocycles. The first-order chi connectivity index (χ1) is 12.9. The molecule has 0 N–H and O–H groups in total. The van der Waals surface area contributed by atoms with Gasteiger partial charge in [0, 0.05) is 48.0 Å². The average Bonchev–Trinajstić information content (AvgIpc) is 2.78. The van der Waals surface area contributed by atoms with Crippen molar-refractivity contribution < 1.29 is 0 Å². The third-order valence-electron chi connectivity index (χ3n) is 2.81. The van der Waals surface area contributed by atoms with E-state index in [4.69, 9.17) is 0 Å². The molecule has 0 radical (unpaired) electrons. The van der Waals surface area contributed by atoms with Crippen LogP contribution in [0.2, 0.25) is 0 Å². The number of rotatable bonds is 0. The Labute approximate surface area is 157 Å². The Hall–Kier alpha value is -2.88. The van der Waals surface area contributed by atoms with Crippen molar-refractivity contribution in [3.63, 3.8) is 0 Å². The molecule has 0 aliphatic rings. The van der Waals surface area contributed by atoms with Crippen molar-refractivity contribution in [3.05, 3.63) is 73.6 Å². The third kappa shape index (κ3) is 7.79. The predicted octanol–water partition coefficient (Wildman–Crippen LogP) is 6.34. The molecular formula is C22H30N4. The zero-order valence-corrected chi connectivity index (χ0v) is 16.7. The van der Waals surface area contributed by atoms with Crippen LogP contribution in [0.5, 0.6) is 0 Å². The molecule has 0 aliphatic heterocycles. The molecule has 0 unspecified atom stereocenters. The molecule has 4 aromatic rings. The Kier molecular flexibility index (Phi) is 13.9. The van der Waals surface area contributed by atoms with Crippen molar-refractivity contribution in [2.45, 2.75) is 41.5 Å². The van der Waals surface area contributed by atoms with Gasteiger partial charge in [0.1, 0.15) is 0 Å². The molecule has 0 aromatic carbocycles.